The minimum absolute atomic E-state index is 0.00510. The molecule has 152 valence electrons. The molecule has 0 radical (unpaired) electrons. The molecular weight excluding hydrogens is 396 g/mol. The van der Waals surface area contributed by atoms with Crippen LogP contribution in [0.5, 0.6) is 0 Å². The molecule has 12 heteroatoms. The normalized spacial score (nSPS) is 34.6. The van der Waals surface area contributed by atoms with Crippen molar-refractivity contribution in [3.63, 3.8) is 0 Å². The van der Waals surface area contributed by atoms with Crippen LogP contribution in [0.25, 0.3) is 0 Å². The van der Waals surface area contributed by atoms with Crippen molar-refractivity contribution in [3.8, 4) is 0 Å². The highest BCUT2D eigenvalue weighted by Crippen LogP contribution is 2.51. The number of thioether (sulfide) groups is 1. The first kappa shape index (κ1) is 20.6. The third kappa shape index (κ3) is 3.87. The van der Waals surface area contributed by atoms with Crippen LogP contribution >= 0.6 is 11.8 Å². The van der Waals surface area contributed by atoms with Gasteiger partial charge in [0.2, 0.25) is 5.91 Å². The van der Waals surface area contributed by atoms with Gasteiger partial charge >= 0.3 is 5.97 Å². The van der Waals surface area contributed by atoms with Gasteiger partial charge in [0.15, 0.2) is 0 Å². The molecule has 3 rings (SSSR count). The molecule has 0 aromatic carbocycles. The minimum atomic E-state index is -3.76. The number of amides is 1. The number of aliphatic carboxylic acids is 1. The van der Waals surface area contributed by atoms with E-state index in [4.69, 9.17) is 5.14 Å². The number of carboxylic acids is 1. The van der Waals surface area contributed by atoms with Crippen LogP contribution in [-0.2, 0) is 19.8 Å². The van der Waals surface area contributed by atoms with E-state index in [9.17, 15) is 28.2 Å². The van der Waals surface area contributed by atoms with E-state index in [1.807, 2.05) is 6.92 Å². The molecule has 1 unspecified atom stereocenters. The summed E-state index contributed by atoms with van der Waals surface area (Å²) in [5.74, 6) is -2.27. The van der Waals surface area contributed by atoms with Gasteiger partial charge in [-0.1, -0.05) is 6.92 Å². The number of nitrogens with two attached hydrogens (primary N) is 1. The largest absolute Gasteiger partial charge is 0.477 e. The van der Waals surface area contributed by atoms with Crippen LogP contribution in [0.1, 0.15) is 20.3 Å². The number of rotatable bonds is 7. The molecule has 2 fully saturated rings. The molecular formula is C15H24N4O6S2. The van der Waals surface area contributed by atoms with Gasteiger partial charge in [-0.25, -0.2) is 14.7 Å². The molecule has 6 N–H and O–H groups in total. The number of aliphatic hydroxyl groups is 1. The summed E-state index contributed by atoms with van der Waals surface area (Å²) in [4.78, 5) is 26.1. The Kier molecular flexibility index (Phi) is 5.58. The van der Waals surface area contributed by atoms with E-state index < -0.39 is 28.2 Å². The Morgan fingerprint density at radius 2 is 2.19 bits per heavy atom. The summed E-state index contributed by atoms with van der Waals surface area (Å²) in [6, 6.07) is -0.435. The number of carbonyl (C=O) groups excluding carboxylic acids is 1. The van der Waals surface area contributed by atoms with Crippen molar-refractivity contribution >= 4 is 33.8 Å². The second-order valence-electron chi connectivity index (χ2n) is 7.25. The number of carbonyl (C=O) groups is 2. The average molecular weight is 421 g/mol. The topological polar surface area (TPSA) is 162 Å². The molecule has 0 spiro atoms. The van der Waals surface area contributed by atoms with Crippen molar-refractivity contribution in [2.24, 2.45) is 17.0 Å². The monoisotopic (exact) mass is 420 g/mol. The number of fused-ring (bicyclic) bond motifs is 1. The van der Waals surface area contributed by atoms with Crippen molar-refractivity contribution in [2.75, 3.05) is 13.1 Å². The van der Waals surface area contributed by atoms with Crippen LogP contribution in [0.2, 0.25) is 0 Å². The first-order valence-corrected chi connectivity index (χ1v) is 11.1. The van der Waals surface area contributed by atoms with Gasteiger partial charge in [0.1, 0.15) is 5.70 Å². The zero-order valence-corrected chi connectivity index (χ0v) is 16.6. The molecule has 0 bridgehead atoms. The number of β-lactam (4-membered cyclic amide) rings is 1. The first-order valence-electron chi connectivity index (χ1n) is 8.67. The Morgan fingerprint density at radius 3 is 2.74 bits per heavy atom. The fourth-order valence-corrected chi connectivity index (χ4v) is 6.05. The fourth-order valence-electron chi connectivity index (χ4n) is 4.10. The third-order valence-corrected chi connectivity index (χ3v) is 7.40. The molecule has 0 aromatic heterocycles. The summed E-state index contributed by atoms with van der Waals surface area (Å²) in [6.45, 7) is 4.17. The molecule has 1 amide bonds. The van der Waals surface area contributed by atoms with Crippen LogP contribution in [0.4, 0.5) is 0 Å². The Hall–Kier alpha value is -1.18. The van der Waals surface area contributed by atoms with E-state index in [0.29, 0.717) is 17.9 Å². The van der Waals surface area contributed by atoms with E-state index in [-0.39, 0.29) is 41.4 Å². The van der Waals surface area contributed by atoms with Gasteiger partial charge in [0.25, 0.3) is 10.2 Å². The molecule has 0 saturated carbocycles. The third-order valence-electron chi connectivity index (χ3n) is 5.32. The maximum absolute atomic E-state index is 12.3. The molecule has 10 nitrogen and oxygen atoms in total. The average Bonchev–Trinajstić information content (AvgIpc) is 3.07. The summed E-state index contributed by atoms with van der Waals surface area (Å²) in [5, 5.41) is 27.7. The molecule has 2 saturated heterocycles. The van der Waals surface area contributed by atoms with E-state index in [0.717, 1.165) is 0 Å². The number of aliphatic hydroxyl groups excluding tert-OH is 1. The first-order chi connectivity index (χ1) is 12.5. The van der Waals surface area contributed by atoms with Gasteiger partial charge < -0.3 is 20.4 Å². The summed E-state index contributed by atoms with van der Waals surface area (Å²) in [5.41, 5.74) is 0.00510. The second kappa shape index (κ2) is 7.33. The van der Waals surface area contributed by atoms with Gasteiger partial charge in [-0.15, -0.1) is 11.8 Å². The highest BCUT2D eigenvalue weighted by molar-refractivity contribution is 8.03. The fraction of sp³-hybridized carbons (Fsp3) is 0.733. The van der Waals surface area contributed by atoms with E-state index in [1.165, 1.54) is 16.7 Å². The van der Waals surface area contributed by atoms with E-state index in [2.05, 4.69) is 10.0 Å². The summed E-state index contributed by atoms with van der Waals surface area (Å²) in [6.07, 6.45) is -0.197. The molecule has 6 atom stereocenters. The van der Waals surface area contributed by atoms with Gasteiger partial charge in [-0.05, 0) is 13.3 Å². The van der Waals surface area contributed by atoms with Crippen molar-refractivity contribution in [1.82, 2.24) is 14.9 Å². The second-order valence-corrected chi connectivity index (χ2v) is 9.97. The van der Waals surface area contributed by atoms with Gasteiger partial charge in [-0.2, -0.15) is 8.42 Å². The summed E-state index contributed by atoms with van der Waals surface area (Å²) in [7, 11) is -3.76. The van der Waals surface area contributed by atoms with Gasteiger partial charge in [0, 0.05) is 35.2 Å². The molecule has 27 heavy (non-hydrogen) atoms. The number of hydrogen-bond acceptors (Lipinski definition) is 7. The lowest BCUT2D eigenvalue weighted by Crippen LogP contribution is -2.63. The highest BCUT2D eigenvalue weighted by Gasteiger charge is 2.60. The summed E-state index contributed by atoms with van der Waals surface area (Å²) >= 11 is 1.41. The lowest BCUT2D eigenvalue weighted by molar-refractivity contribution is -0.163. The van der Waals surface area contributed by atoms with Crippen LogP contribution in [-0.4, -0.2) is 71.9 Å². The number of nitrogens with zero attached hydrogens (tertiary/aromatic N) is 1. The number of nitrogens with one attached hydrogen (secondary N) is 2. The SMILES string of the molecule is C[C@@H](O)C1C(=O)N2C(C(=O)O)=C(S[C@@H]3CN[C@H](CNS(N)(=O)=O)C3)[C@H](C)[C@H]12. The van der Waals surface area contributed by atoms with Crippen LogP contribution in [0.3, 0.4) is 0 Å². The van der Waals surface area contributed by atoms with E-state index >= 15 is 0 Å². The smallest absolute Gasteiger partial charge is 0.353 e. The predicted molar refractivity (Wildman–Crippen MR) is 98.5 cm³/mol. The van der Waals surface area contributed by atoms with E-state index in [1.54, 1.807) is 6.92 Å². The Morgan fingerprint density at radius 1 is 1.52 bits per heavy atom. The van der Waals surface area contributed by atoms with Crippen LogP contribution < -0.4 is 15.2 Å². The van der Waals surface area contributed by atoms with Gasteiger partial charge in [0.05, 0.1) is 18.1 Å². The Labute approximate surface area is 161 Å². The lowest BCUT2D eigenvalue weighted by Gasteiger charge is -2.46. The molecule has 0 aromatic rings. The molecule has 3 aliphatic heterocycles. The maximum atomic E-state index is 12.3. The van der Waals surface area contributed by atoms with Crippen molar-refractivity contribution in [3.05, 3.63) is 10.6 Å². The standard InChI is InChI=1S/C15H24N4O6S2/c1-6-11-10(7(2)20)14(21)19(11)12(15(22)23)13(6)26-9-3-8(17-5-9)4-18-27(16,24)25/h6-11,17-18,20H,3-5H2,1-2H3,(H,22,23)(H2,16,24,25)/t6-,7-,8+,9+,10?,11-/m1/s1. The van der Waals surface area contributed by atoms with Crippen LogP contribution in [0, 0.1) is 11.8 Å². The molecule has 3 heterocycles. The number of carboxylic acid groups (broad SMARTS) is 1. The lowest BCUT2D eigenvalue weighted by atomic mass is 9.79. The Balaban J connectivity index is 1.71. The van der Waals surface area contributed by atoms with Crippen LogP contribution in [0.15, 0.2) is 10.6 Å². The van der Waals surface area contributed by atoms with Crippen molar-refractivity contribution < 1.29 is 28.2 Å². The highest BCUT2D eigenvalue weighted by atomic mass is 32.2. The quantitative estimate of drug-likeness (QED) is 0.308. The zero-order valence-electron chi connectivity index (χ0n) is 15.0. The zero-order chi connectivity index (χ0) is 20.1. The predicted octanol–water partition coefficient (Wildman–Crippen LogP) is -1.60. The van der Waals surface area contributed by atoms with Crippen molar-refractivity contribution in [2.45, 2.75) is 43.7 Å². The molecule has 3 aliphatic rings. The molecule has 0 aliphatic carbocycles. The maximum Gasteiger partial charge on any atom is 0.353 e. The summed E-state index contributed by atoms with van der Waals surface area (Å²) < 4.78 is 24.3. The number of hydrogen-bond donors (Lipinski definition) is 5. The Bertz CT molecular complexity index is 783. The minimum Gasteiger partial charge on any atom is -0.477 e. The van der Waals surface area contributed by atoms with Gasteiger partial charge in [-0.3, -0.25) is 4.79 Å². The van der Waals surface area contributed by atoms with Crippen molar-refractivity contribution in [1.29, 1.82) is 0 Å².